The van der Waals surface area contributed by atoms with Crippen LogP contribution in [0, 0.1) is 18.3 Å². The molecule has 0 spiro atoms. The van der Waals surface area contributed by atoms with E-state index in [1.54, 1.807) is 32.0 Å². The number of benzene rings is 1. The molecule has 0 aliphatic rings. The fourth-order valence-corrected chi connectivity index (χ4v) is 1.60. The topological polar surface area (TPSA) is 27.0 Å². The molecule has 0 aliphatic carbocycles. The lowest BCUT2D eigenvalue weighted by Gasteiger charge is -2.25. The van der Waals surface area contributed by atoms with Crippen molar-refractivity contribution in [2.24, 2.45) is 0 Å². The Bertz CT molecular complexity index is 432. The minimum atomic E-state index is -4.27. The van der Waals surface area contributed by atoms with E-state index in [1.165, 1.54) is 0 Å². The molecule has 0 radical (unpaired) electrons. The van der Waals surface area contributed by atoms with Crippen LogP contribution < -0.4 is 4.90 Å². The van der Waals surface area contributed by atoms with Crippen molar-refractivity contribution in [2.45, 2.75) is 20.0 Å². The SMILES string of the molecule is CCN(CC(F)(F)F)c1ccc(C)cc1C#N. The summed E-state index contributed by atoms with van der Waals surface area (Å²) in [5.41, 5.74) is 1.46. The van der Waals surface area contributed by atoms with Gasteiger partial charge in [-0.15, -0.1) is 0 Å². The summed E-state index contributed by atoms with van der Waals surface area (Å²) < 4.78 is 37.1. The van der Waals surface area contributed by atoms with E-state index < -0.39 is 12.7 Å². The third kappa shape index (κ3) is 3.66. The van der Waals surface area contributed by atoms with Crippen LogP contribution >= 0.6 is 0 Å². The molecule has 0 heterocycles. The molecule has 17 heavy (non-hydrogen) atoms. The number of halogens is 3. The van der Waals surface area contributed by atoms with Crippen molar-refractivity contribution in [1.82, 2.24) is 0 Å². The van der Waals surface area contributed by atoms with Gasteiger partial charge in [-0.1, -0.05) is 6.07 Å². The first-order valence-corrected chi connectivity index (χ1v) is 5.20. The third-order valence-electron chi connectivity index (χ3n) is 2.37. The van der Waals surface area contributed by atoms with Crippen LogP contribution in [0.4, 0.5) is 18.9 Å². The van der Waals surface area contributed by atoms with E-state index in [4.69, 9.17) is 5.26 Å². The van der Waals surface area contributed by atoms with Gasteiger partial charge in [-0.05, 0) is 31.5 Å². The van der Waals surface area contributed by atoms with E-state index in [2.05, 4.69) is 0 Å². The van der Waals surface area contributed by atoms with Gasteiger partial charge in [0.15, 0.2) is 0 Å². The van der Waals surface area contributed by atoms with E-state index in [0.717, 1.165) is 10.5 Å². The first-order valence-electron chi connectivity index (χ1n) is 5.20. The molecule has 1 aromatic rings. The predicted octanol–water partition coefficient (Wildman–Crippen LogP) is 3.26. The Morgan fingerprint density at radius 3 is 2.47 bits per heavy atom. The molecule has 0 fully saturated rings. The van der Waals surface area contributed by atoms with Crippen molar-refractivity contribution in [3.8, 4) is 6.07 Å². The summed E-state index contributed by atoms with van der Waals surface area (Å²) in [6.45, 7) is 2.59. The minimum absolute atomic E-state index is 0.206. The van der Waals surface area contributed by atoms with Crippen LogP contribution in [0.5, 0.6) is 0 Å². The highest BCUT2D eigenvalue weighted by molar-refractivity contribution is 5.60. The van der Waals surface area contributed by atoms with Gasteiger partial charge >= 0.3 is 6.18 Å². The fraction of sp³-hybridized carbons (Fsp3) is 0.417. The zero-order chi connectivity index (χ0) is 13.1. The van der Waals surface area contributed by atoms with Gasteiger partial charge in [-0.3, -0.25) is 0 Å². The molecule has 1 rings (SSSR count). The van der Waals surface area contributed by atoms with Crippen LogP contribution in [0.25, 0.3) is 0 Å². The van der Waals surface area contributed by atoms with E-state index in [-0.39, 0.29) is 12.1 Å². The number of anilines is 1. The van der Waals surface area contributed by atoms with Crippen molar-refractivity contribution in [2.75, 3.05) is 18.0 Å². The molecular weight excluding hydrogens is 229 g/mol. The number of hydrogen-bond acceptors (Lipinski definition) is 2. The molecule has 0 saturated carbocycles. The lowest BCUT2D eigenvalue weighted by molar-refractivity contribution is -0.119. The average Bonchev–Trinajstić information content (AvgIpc) is 2.24. The zero-order valence-corrected chi connectivity index (χ0v) is 9.67. The first kappa shape index (κ1) is 13.4. The summed E-state index contributed by atoms with van der Waals surface area (Å²) in [5.74, 6) is 0. The summed E-state index contributed by atoms with van der Waals surface area (Å²) in [7, 11) is 0. The van der Waals surface area contributed by atoms with Gasteiger partial charge in [0.05, 0.1) is 11.3 Å². The number of hydrogen-bond donors (Lipinski definition) is 0. The van der Waals surface area contributed by atoms with Gasteiger partial charge < -0.3 is 4.90 Å². The summed E-state index contributed by atoms with van der Waals surface area (Å²) in [6.07, 6.45) is -4.27. The Kier molecular flexibility index (Phi) is 4.00. The number of nitriles is 1. The van der Waals surface area contributed by atoms with Crippen LogP contribution in [0.2, 0.25) is 0 Å². The maximum atomic E-state index is 12.4. The summed E-state index contributed by atoms with van der Waals surface area (Å²) >= 11 is 0. The van der Waals surface area contributed by atoms with Crippen molar-refractivity contribution in [3.63, 3.8) is 0 Å². The van der Waals surface area contributed by atoms with E-state index in [1.807, 2.05) is 6.07 Å². The Balaban J connectivity index is 3.08. The van der Waals surface area contributed by atoms with E-state index in [0.29, 0.717) is 5.69 Å². The number of nitrogens with zero attached hydrogens (tertiary/aromatic N) is 2. The van der Waals surface area contributed by atoms with Crippen LogP contribution in [-0.2, 0) is 0 Å². The number of aryl methyl sites for hydroxylation is 1. The maximum absolute atomic E-state index is 12.4. The third-order valence-corrected chi connectivity index (χ3v) is 2.37. The zero-order valence-electron chi connectivity index (χ0n) is 9.67. The Hall–Kier alpha value is -1.70. The second-order valence-electron chi connectivity index (χ2n) is 3.76. The highest BCUT2D eigenvalue weighted by atomic mass is 19.4. The molecule has 0 atom stereocenters. The molecule has 2 nitrogen and oxygen atoms in total. The fourth-order valence-electron chi connectivity index (χ4n) is 1.60. The first-order chi connectivity index (χ1) is 7.87. The van der Waals surface area contributed by atoms with Crippen LogP contribution in [-0.4, -0.2) is 19.3 Å². The molecule has 1 aromatic carbocycles. The van der Waals surface area contributed by atoms with Gasteiger partial charge in [0.1, 0.15) is 12.6 Å². The second kappa shape index (κ2) is 5.09. The summed E-state index contributed by atoms with van der Waals surface area (Å²) in [5, 5.41) is 8.93. The molecule has 0 aliphatic heterocycles. The lowest BCUT2D eigenvalue weighted by Crippen LogP contribution is -2.34. The molecule has 0 aromatic heterocycles. The van der Waals surface area contributed by atoms with Gasteiger partial charge in [0.25, 0.3) is 0 Å². The highest BCUT2D eigenvalue weighted by Gasteiger charge is 2.31. The van der Waals surface area contributed by atoms with Gasteiger partial charge in [0.2, 0.25) is 0 Å². The largest absolute Gasteiger partial charge is 0.405 e. The van der Waals surface area contributed by atoms with Gasteiger partial charge in [-0.2, -0.15) is 18.4 Å². The molecular formula is C12H13F3N2. The Labute approximate surface area is 98.3 Å². The van der Waals surface area contributed by atoms with E-state index in [9.17, 15) is 13.2 Å². The quantitative estimate of drug-likeness (QED) is 0.813. The Morgan fingerprint density at radius 1 is 1.35 bits per heavy atom. The smallest absolute Gasteiger partial charge is 0.362 e. The lowest BCUT2D eigenvalue weighted by atomic mass is 10.1. The van der Waals surface area contributed by atoms with Crippen molar-refractivity contribution >= 4 is 5.69 Å². The molecule has 0 amide bonds. The van der Waals surface area contributed by atoms with E-state index >= 15 is 0 Å². The monoisotopic (exact) mass is 242 g/mol. The molecule has 0 unspecified atom stereocenters. The maximum Gasteiger partial charge on any atom is 0.405 e. The minimum Gasteiger partial charge on any atom is -0.362 e. The summed E-state index contributed by atoms with van der Waals surface area (Å²) in [6, 6.07) is 6.78. The van der Waals surface area contributed by atoms with Gasteiger partial charge in [0, 0.05) is 6.54 Å². The molecule has 5 heteroatoms. The van der Waals surface area contributed by atoms with Crippen molar-refractivity contribution < 1.29 is 13.2 Å². The predicted molar refractivity (Wildman–Crippen MR) is 59.8 cm³/mol. The van der Waals surface area contributed by atoms with Crippen LogP contribution in [0.3, 0.4) is 0 Å². The number of rotatable bonds is 3. The molecule has 0 N–H and O–H groups in total. The summed E-state index contributed by atoms with van der Waals surface area (Å²) in [4.78, 5) is 1.15. The van der Waals surface area contributed by atoms with Gasteiger partial charge in [-0.25, -0.2) is 0 Å². The second-order valence-corrected chi connectivity index (χ2v) is 3.76. The molecule has 0 bridgehead atoms. The van der Waals surface area contributed by atoms with Crippen molar-refractivity contribution in [3.05, 3.63) is 29.3 Å². The number of alkyl halides is 3. The average molecular weight is 242 g/mol. The molecule has 92 valence electrons. The van der Waals surface area contributed by atoms with Crippen LogP contribution in [0.1, 0.15) is 18.1 Å². The Morgan fingerprint density at radius 2 is 2.00 bits per heavy atom. The normalized spacial score (nSPS) is 11.1. The highest BCUT2D eigenvalue weighted by Crippen LogP contribution is 2.25. The standard InChI is InChI=1S/C12H13F3N2/c1-3-17(8-12(13,14)15)11-5-4-9(2)6-10(11)7-16/h4-6H,3,8H2,1-2H3. The van der Waals surface area contributed by atoms with Crippen molar-refractivity contribution in [1.29, 1.82) is 5.26 Å². The molecule has 0 saturated heterocycles. The van der Waals surface area contributed by atoms with Crippen LogP contribution in [0.15, 0.2) is 18.2 Å².